The van der Waals surface area contributed by atoms with E-state index in [0.717, 1.165) is 15.7 Å². The molecule has 70 valence electrons. The largest absolute Gasteiger partial charge is 0.480 e. The summed E-state index contributed by atoms with van der Waals surface area (Å²) in [5, 5.41) is 8.14. The molecule has 0 rings (SSSR count). The lowest BCUT2D eigenvalue weighted by molar-refractivity contribution is -0.136. The van der Waals surface area contributed by atoms with E-state index in [2.05, 4.69) is 6.92 Å². The first-order valence-electron chi connectivity index (χ1n) is 3.64. The fourth-order valence-electron chi connectivity index (χ4n) is 0.414. The van der Waals surface area contributed by atoms with Crippen molar-refractivity contribution in [3.63, 3.8) is 0 Å². The van der Waals surface area contributed by atoms with E-state index in [9.17, 15) is 4.79 Å². The molecule has 2 nitrogen and oxygen atoms in total. The molecule has 0 aromatic heterocycles. The minimum atomic E-state index is -0.806. The maximum atomic E-state index is 10.4. The van der Waals surface area contributed by atoms with Gasteiger partial charge in [-0.1, -0.05) is 30.9 Å². The molecule has 1 N–H and O–H groups in total. The molecule has 0 aromatic rings. The van der Waals surface area contributed by atoms with Crippen LogP contribution in [0.1, 0.15) is 20.3 Å². The van der Waals surface area contributed by atoms with Gasteiger partial charge in [0.15, 0.2) is 0 Å². The van der Waals surface area contributed by atoms with Crippen LogP contribution in [-0.2, 0) is 4.79 Å². The van der Waals surface area contributed by atoms with Gasteiger partial charge >= 0.3 is 5.97 Å². The Morgan fingerprint density at radius 3 is 2.67 bits per heavy atom. The van der Waals surface area contributed by atoms with Crippen molar-refractivity contribution >= 4 is 45.2 Å². The highest BCUT2D eigenvalue weighted by atomic mass is 32.2. The highest BCUT2D eigenvalue weighted by Gasteiger charge is 2.13. The van der Waals surface area contributed by atoms with E-state index in [4.69, 9.17) is 17.3 Å². The lowest BCUT2D eigenvalue weighted by Gasteiger charge is -2.05. The van der Waals surface area contributed by atoms with E-state index >= 15 is 0 Å². The van der Waals surface area contributed by atoms with Crippen LogP contribution in [0.2, 0.25) is 0 Å². The standard InChI is InChI=1S/C7H12O2S3/c1-3-4-11-7(10)12-5(2)6(8)9/h5H,3-4H2,1-2H3,(H,8,9). The Balaban J connectivity index is 3.61. The Morgan fingerprint density at radius 2 is 2.25 bits per heavy atom. The number of thiocarbonyl (C=S) groups is 1. The van der Waals surface area contributed by atoms with Gasteiger partial charge in [0.05, 0.1) is 0 Å². The van der Waals surface area contributed by atoms with E-state index in [1.165, 1.54) is 11.8 Å². The molecular formula is C7H12O2S3. The summed E-state index contributed by atoms with van der Waals surface area (Å²) in [7, 11) is 0. The molecule has 0 aliphatic rings. The first-order valence-corrected chi connectivity index (χ1v) is 5.91. The molecule has 1 atom stereocenters. The van der Waals surface area contributed by atoms with Crippen molar-refractivity contribution in [3.8, 4) is 0 Å². The Bertz CT molecular complexity index is 170. The van der Waals surface area contributed by atoms with Crippen LogP contribution in [0.4, 0.5) is 0 Å². The van der Waals surface area contributed by atoms with Crippen molar-refractivity contribution in [1.29, 1.82) is 0 Å². The molecule has 0 amide bonds. The molecule has 0 bridgehead atoms. The normalized spacial score (nSPS) is 12.5. The molecule has 0 heterocycles. The minimum Gasteiger partial charge on any atom is -0.480 e. The van der Waals surface area contributed by atoms with E-state index in [0.29, 0.717) is 0 Å². The first-order chi connectivity index (χ1) is 5.57. The van der Waals surface area contributed by atoms with Gasteiger partial charge in [0.25, 0.3) is 0 Å². The van der Waals surface area contributed by atoms with Crippen molar-refractivity contribution in [1.82, 2.24) is 0 Å². The number of rotatable bonds is 4. The van der Waals surface area contributed by atoms with E-state index in [1.54, 1.807) is 18.7 Å². The second kappa shape index (κ2) is 6.74. The molecule has 12 heavy (non-hydrogen) atoms. The number of aliphatic carboxylic acids is 1. The second-order valence-electron chi connectivity index (χ2n) is 2.20. The lowest BCUT2D eigenvalue weighted by Crippen LogP contribution is -2.12. The predicted molar refractivity (Wildman–Crippen MR) is 60.0 cm³/mol. The second-order valence-corrected chi connectivity index (χ2v) is 5.84. The molecule has 0 spiro atoms. The highest BCUT2D eigenvalue weighted by Crippen LogP contribution is 2.22. The predicted octanol–water partition coefficient (Wildman–Crippen LogP) is 2.62. The third-order valence-corrected chi connectivity index (χ3v) is 3.92. The van der Waals surface area contributed by atoms with Crippen LogP contribution in [0.25, 0.3) is 0 Å². The Kier molecular flexibility index (Phi) is 6.89. The summed E-state index contributed by atoms with van der Waals surface area (Å²) in [5.74, 6) is 0.164. The zero-order valence-electron chi connectivity index (χ0n) is 7.07. The van der Waals surface area contributed by atoms with Gasteiger partial charge in [0.1, 0.15) is 8.78 Å². The van der Waals surface area contributed by atoms with Crippen molar-refractivity contribution in [2.45, 2.75) is 25.5 Å². The molecule has 0 fully saturated rings. The zero-order valence-corrected chi connectivity index (χ0v) is 9.52. The van der Waals surface area contributed by atoms with Crippen LogP contribution < -0.4 is 0 Å². The molecule has 0 aliphatic heterocycles. The summed E-state index contributed by atoms with van der Waals surface area (Å²) in [6.07, 6.45) is 1.06. The maximum absolute atomic E-state index is 10.4. The molecule has 0 saturated heterocycles. The van der Waals surface area contributed by atoms with Crippen LogP contribution in [-0.4, -0.2) is 25.6 Å². The lowest BCUT2D eigenvalue weighted by atomic mass is 10.5. The quantitative estimate of drug-likeness (QED) is 0.743. The van der Waals surface area contributed by atoms with E-state index in [-0.39, 0.29) is 0 Å². The molecule has 0 aliphatic carbocycles. The zero-order chi connectivity index (χ0) is 9.56. The topological polar surface area (TPSA) is 37.3 Å². The number of carbonyl (C=O) groups is 1. The monoisotopic (exact) mass is 224 g/mol. The van der Waals surface area contributed by atoms with Gasteiger partial charge in [-0.05, 0) is 19.1 Å². The van der Waals surface area contributed by atoms with Crippen molar-refractivity contribution in [2.75, 3.05) is 5.75 Å². The van der Waals surface area contributed by atoms with Crippen molar-refractivity contribution in [3.05, 3.63) is 0 Å². The number of hydrogen-bond donors (Lipinski definition) is 1. The number of carboxylic acids is 1. The minimum absolute atomic E-state index is 0.429. The fourth-order valence-corrected chi connectivity index (χ4v) is 2.81. The Hall–Kier alpha value is 0.260. The molecule has 1 unspecified atom stereocenters. The van der Waals surface area contributed by atoms with Crippen LogP contribution in [0, 0.1) is 0 Å². The first kappa shape index (κ1) is 12.3. The van der Waals surface area contributed by atoms with E-state index in [1.807, 2.05) is 0 Å². The van der Waals surface area contributed by atoms with Gasteiger partial charge in [-0.15, -0.1) is 11.8 Å². The van der Waals surface area contributed by atoms with Gasteiger partial charge in [0.2, 0.25) is 0 Å². The van der Waals surface area contributed by atoms with Gasteiger partial charge in [0, 0.05) is 0 Å². The third-order valence-electron chi connectivity index (χ3n) is 1.04. The smallest absolute Gasteiger partial charge is 0.316 e. The average molecular weight is 224 g/mol. The van der Waals surface area contributed by atoms with Crippen LogP contribution >= 0.6 is 35.7 Å². The van der Waals surface area contributed by atoms with Gasteiger partial charge in [-0.3, -0.25) is 4.79 Å². The summed E-state index contributed by atoms with van der Waals surface area (Å²) >= 11 is 7.77. The fraction of sp³-hybridized carbons (Fsp3) is 0.714. The van der Waals surface area contributed by atoms with Crippen LogP contribution in [0.5, 0.6) is 0 Å². The van der Waals surface area contributed by atoms with Crippen molar-refractivity contribution < 1.29 is 9.90 Å². The van der Waals surface area contributed by atoms with Gasteiger partial charge < -0.3 is 5.11 Å². The molecule has 0 radical (unpaired) electrons. The summed E-state index contributed by atoms with van der Waals surface area (Å²) in [6, 6.07) is 0. The third kappa shape index (κ3) is 5.85. The summed E-state index contributed by atoms with van der Waals surface area (Å²) in [5.41, 5.74) is 0. The Labute approximate surface area is 86.5 Å². The summed E-state index contributed by atoms with van der Waals surface area (Å²) < 4.78 is 0.728. The van der Waals surface area contributed by atoms with Gasteiger partial charge in [-0.2, -0.15) is 0 Å². The van der Waals surface area contributed by atoms with Gasteiger partial charge in [-0.25, -0.2) is 0 Å². The Morgan fingerprint density at radius 1 is 1.67 bits per heavy atom. The maximum Gasteiger partial charge on any atom is 0.316 e. The molecule has 5 heteroatoms. The number of carboxylic acid groups (broad SMARTS) is 1. The van der Waals surface area contributed by atoms with E-state index < -0.39 is 11.2 Å². The van der Waals surface area contributed by atoms with Crippen LogP contribution in [0.3, 0.4) is 0 Å². The SMILES string of the molecule is CCCSC(=S)SC(C)C(=O)O. The molecule has 0 saturated carbocycles. The molecule has 0 aromatic carbocycles. The van der Waals surface area contributed by atoms with Crippen molar-refractivity contribution in [2.24, 2.45) is 0 Å². The summed E-state index contributed by atoms with van der Waals surface area (Å²) in [4.78, 5) is 10.4. The average Bonchev–Trinajstić information content (AvgIpc) is 2.00. The number of thioether (sulfide) groups is 2. The van der Waals surface area contributed by atoms with Crippen LogP contribution in [0.15, 0.2) is 0 Å². The highest BCUT2D eigenvalue weighted by molar-refractivity contribution is 8.47. The summed E-state index contributed by atoms with van der Waals surface area (Å²) in [6.45, 7) is 3.71. The number of hydrogen-bond acceptors (Lipinski definition) is 4. The molecular weight excluding hydrogens is 212 g/mol.